The molecule has 0 fully saturated rings. The summed E-state index contributed by atoms with van der Waals surface area (Å²) in [6, 6.07) is 23.5. The van der Waals surface area contributed by atoms with Gasteiger partial charge in [0, 0.05) is 48.5 Å². The third-order valence-corrected chi connectivity index (χ3v) is 12.3. The van der Waals surface area contributed by atoms with E-state index >= 15 is 0 Å². The summed E-state index contributed by atoms with van der Waals surface area (Å²) >= 11 is 13.4. The zero-order chi connectivity index (χ0) is 50.9. The molecule has 0 saturated carbocycles. The van der Waals surface area contributed by atoms with Crippen molar-refractivity contribution in [3.05, 3.63) is 175 Å². The molecule has 6 rings (SSSR count). The predicted molar refractivity (Wildman–Crippen MR) is 254 cm³/mol. The number of hydrogen-bond acceptors (Lipinski definition) is 10. The van der Waals surface area contributed by atoms with Crippen molar-refractivity contribution in [3.8, 4) is 34.1 Å². The summed E-state index contributed by atoms with van der Waals surface area (Å²) in [6.45, 7) is 4.43. The highest BCUT2D eigenvalue weighted by molar-refractivity contribution is 6.32. The van der Waals surface area contributed by atoms with Crippen LogP contribution in [0.5, 0.6) is 23.0 Å². The van der Waals surface area contributed by atoms with Crippen molar-refractivity contribution < 1.29 is 66.5 Å². The first kappa shape index (κ1) is 53.0. The number of carboxylic acid groups (broad SMARTS) is 2. The van der Waals surface area contributed by atoms with Gasteiger partial charge in [-0.3, -0.25) is 20.2 Å². The molecule has 0 bridgehead atoms. The second kappa shape index (κ2) is 23.0. The number of aliphatic carboxylic acids is 2. The summed E-state index contributed by atoms with van der Waals surface area (Å²) in [6.07, 6.45) is 0. The van der Waals surface area contributed by atoms with E-state index in [0.29, 0.717) is 11.1 Å². The fraction of sp³-hybridized carbons (Fsp3) is 0.269. The monoisotopic (exact) mass is 1010 g/mol. The van der Waals surface area contributed by atoms with Crippen LogP contribution in [0.25, 0.3) is 11.1 Å². The van der Waals surface area contributed by atoms with Crippen molar-refractivity contribution in [1.82, 2.24) is 10.6 Å². The van der Waals surface area contributed by atoms with E-state index in [2.05, 4.69) is 10.6 Å². The first-order valence-electron chi connectivity index (χ1n) is 21.6. The lowest BCUT2D eigenvalue weighted by Gasteiger charge is -2.25. The third kappa shape index (κ3) is 13.1. The molecule has 6 N–H and O–H groups in total. The van der Waals surface area contributed by atoms with Gasteiger partial charge in [0.05, 0.1) is 23.3 Å². The maximum absolute atomic E-state index is 14.0. The van der Waals surface area contributed by atoms with Crippen LogP contribution in [0.4, 0.5) is 17.6 Å². The van der Waals surface area contributed by atoms with Gasteiger partial charge in [-0.05, 0) is 109 Å². The molecule has 0 aliphatic rings. The van der Waals surface area contributed by atoms with Gasteiger partial charge in [0.2, 0.25) is 0 Å². The smallest absolute Gasteiger partial charge is 0.326 e. The first-order valence-corrected chi connectivity index (χ1v) is 22.4. The molecule has 2 atom stereocenters. The van der Waals surface area contributed by atoms with Crippen molar-refractivity contribution in [2.24, 2.45) is 0 Å². The summed E-state index contributed by atoms with van der Waals surface area (Å²) in [5.41, 5.74) is 2.91. The average molecular weight is 1010 g/mol. The van der Waals surface area contributed by atoms with Gasteiger partial charge in [0.15, 0.2) is 0 Å². The van der Waals surface area contributed by atoms with E-state index in [1.165, 1.54) is 38.1 Å². The van der Waals surface area contributed by atoms with E-state index in [-0.39, 0.29) is 83.7 Å². The summed E-state index contributed by atoms with van der Waals surface area (Å²) in [5, 5.41) is 44.8. The normalized spacial score (nSPS) is 13.0. The van der Waals surface area contributed by atoms with Crippen molar-refractivity contribution >= 4 is 35.1 Å². The maximum atomic E-state index is 14.0. The SMILES string of the molecule is Cc1c(COc2cc(OCc3cc(F)cc(F)c3)c(CNC(C)(CO)C(=O)O)cc2Cl)cccc1-c1cccc(COc2cc(OCc3cc(F)cc(F)c3)c(CNC(C)(CO)C(=O)O)cc2Cl)c1C. The summed E-state index contributed by atoms with van der Waals surface area (Å²) in [4.78, 5) is 23.7. The highest BCUT2D eigenvalue weighted by atomic mass is 35.5. The number of nitrogens with one attached hydrogen (secondary N) is 2. The van der Waals surface area contributed by atoms with E-state index < -0.39 is 59.5 Å². The van der Waals surface area contributed by atoms with Gasteiger partial charge in [-0.1, -0.05) is 59.6 Å². The number of hydrogen-bond donors (Lipinski definition) is 6. The topological polar surface area (TPSA) is 176 Å². The summed E-state index contributed by atoms with van der Waals surface area (Å²) in [7, 11) is 0. The number of benzene rings is 6. The Morgan fingerprint density at radius 3 is 1.19 bits per heavy atom. The van der Waals surface area contributed by atoms with Gasteiger partial charge >= 0.3 is 11.9 Å². The molecular formula is C52H50Cl2F4N2O10. The maximum Gasteiger partial charge on any atom is 0.326 e. The van der Waals surface area contributed by atoms with Crippen LogP contribution in [0.3, 0.4) is 0 Å². The Labute approximate surface area is 411 Å². The van der Waals surface area contributed by atoms with Crippen LogP contribution in [-0.4, -0.2) is 56.7 Å². The fourth-order valence-corrected chi connectivity index (χ4v) is 7.66. The van der Waals surface area contributed by atoms with Gasteiger partial charge in [0.25, 0.3) is 0 Å². The molecule has 0 aliphatic carbocycles. The molecule has 18 heteroatoms. The van der Waals surface area contributed by atoms with Gasteiger partial charge in [0.1, 0.15) is 83.8 Å². The lowest BCUT2D eigenvalue weighted by atomic mass is 9.92. The lowest BCUT2D eigenvalue weighted by molar-refractivity contribution is -0.146. The Kier molecular flexibility index (Phi) is 17.4. The van der Waals surface area contributed by atoms with Crippen molar-refractivity contribution in [3.63, 3.8) is 0 Å². The van der Waals surface area contributed by atoms with Crippen LogP contribution in [0.1, 0.15) is 58.4 Å². The van der Waals surface area contributed by atoms with Crippen LogP contribution >= 0.6 is 23.2 Å². The largest absolute Gasteiger partial charge is 0.488 e. The molecule has 12 nitrogen and oxygen atoms in total. The summed E-state index contributed by atoms with van der Waals surface area (Å²) < 4.78 is 80.5. The molecule has 370 valence electrons. The van der Waals surface area contributed by atoms with Crippen LogP contribution in [0.2, 0.25) is 10.0 Å². The van der Waals surface area contributed by atoms with E-state index in [9.17, 15) is 47.6 Å². The molecular weight excluding hydrogens is 959 g/mol. The minimum Gasteiger partial charge on any atom is -0.488 e. The Bertz CT molecular complexity index is 2660. The Morgan fingerprint density at radius 2 is 0.857 bits per heavy atom. The molecule has 0 aliphatic heterocycles. The fourth-order valence-electron chi connectivity index (χ4n) is 7.18. The van der Waals surface area contributed by atoms with E-state index in [1.54, 1.807) is 0 Å². The second-order valence-corrected chi connectivity index (χ2v) is 17.8. The Balaban J connectivity index is 1.22. The van der Waals surface area contributed by atoms with Crippen LogP contribution in [0.15, 0.2) is 97.1 Å². The minimum absolute atomic E-state index is 0.0487. The molecule has 70 heavy (non-hydrogen) atoms. The standard InChI is InChI=1S/C52H50Cl2F4N2O10/c1-29-33(25-69-47-19-45(67-23-31-11-37(55)17-38(56)12-31)35(15-43(47)53)21-59-51(3,27-61)49(63)64)7-5-9-41(29)42-10-6-8-34(30(42)2)26-70-48-20-46(68-24-32-13-39(57)18-40(58)14-32)36(16-44(48)54)22-60-52(4,28-62)50(65)66/h5-20,59-62H,21-28H2,1-4H3,(H,63,64)(H,65,66). The van der Waals surface area contributed by atoms with Gasteiger partial charge in [-0.15, -0.1) is 0 Å². The van der Waals surface area contributed by atoms with Crippen molar-refractivity contribution in [2.75, 3.05) is 13.2 Å². The van der Waals surface area contributed by atoms with Crippen LogP contribution < -0.4 is 29.6 Å². The molecule has 0 saturated heterocycles. The molecule has 0 heterocycles. The minimum atomic E-state index is -1.70. The van der Waals surface area contributed by atoms with Crippen molar-refractivity contribution in [1.29, 1.82) is 0 Å². The molecule has 2 unspecified atom stereocenters. The predicted octanol–water partition coefficient (Wildman–Crippen LogP) is 10.0. The van der Waals surface area contributed by atoms with E-state index in [0.717, 1.165) is 69.8 Å². The van der Waals surface area contributed by atoms with Gasteiger partial charge in [-0.25, -0.2) is 17.6 Å². The molecule has 0 amide bonds. The number of carboxylic acids is 2. The molecule has 0 spiro atoms. The number of aliphatic hydroxyl groups is 2. The third-order valence-electron chi connectivity index (χ3n) is 11.7. The van der Waals surface area contributed by atoms with E-state index in [1.807, 2.05) is 50.2 Å². The zero-order valence-electron chi connectivity index (χ0n) is 38.4. The molecule has 6 aromatic rings. The summed E-state index contributed by atoms with van der Waals surface area (Å²) in [5.74, 6) is -4.97. The molecule has 6 aromatic carbocycles. The first-order chi connectivity index (χ1) is 33.2. The quantitative estimate of drug-likeness (QED) is 0.0336. The second-order valence-electron chi connectivity index (χ2n) is 17.0. The number of ether oxygens (including phenoxy) is 4. The number of aliphatic hydroxyl groups excluding tert-OH is 2. The number of carbonyl (C=O) groups is 2. The lowest BCUT2D eigenvalue weighted by Crippen LogP contribution is -2.52. The average Bonchev–Trinajstić information content (AvgIpc) is 3.31. The molecule has 0 radical (unpaired) electrons. The Morgan fingerprint density at radius 1 is 0.514 bits per heavy atom. The van der Waals surface area contributed by atoms with Crippen LogP contribution in [0, 0.1) is 37.1 Å². The van der Waals surface area contributed by atoms with Gasteiger partial charge < -0.3 is 39.4 Å². The highest BCUT2D eigenvalue weighted by Gasteiger charge is 2.33. The molecule has 0 aromatic heterocycles. The Hall–Kier alpha value is -6.40. The number of rotatable bonds is 23. The van der Waals surface area contributed by atoms with Gasteiger partial charge in [-0.2, -0.15) is 0 Å². The van der Waals surface area contributed by atoms with Crippen LogP contribution in [-0.2, 0) is 49.1 Å². The zero-order valence-corrected chi connectivity index (χ0v) is 39.9. The van der Waals surface area contributed by atoms with E-state index in [4.69, 9.17) is 42.1 Å². The highest BCUT2D eigenvalue weighted by Crippen LogP contribution is 2.38. The van der Waals surface area contributed by atoms with Crippen molar-refractivity contribution in [2.45, 2.75) is 78.3 Å². The number of halogens is 6.